The molecule has 0 spiro atoms. The minimum atomic E-state index is 0.563. The van der Waals surface area contributed by atoms with E-state index in [1.807, 2.05) is 23.1 Å². The average molecular weight is 304 g/mol. The Labute approximate surface area is 136 Å². The molecule has 23 heavy (non-hydrogen) atoms. The van der Waals surface area contributed by atoms with Crippen molar-refractivity contribution in [1.82, 2.24) is 14.6 Å². The van der Waals surface area contributed by atoms with Crippen LogP contribution in [0.5, 0.6) is 0 Å². The van der Waals surface area contributed by atoms with E-state index in [0.29, 0.717) is 5.92 Å². The molecule has 4 heteroatoms. The van der Waals surface area contributed by atoms with E-state index in [1.165, 1.54) is 16.9 Å². The molecule has 2 aromatic heterocycles. The first-order valence-corrected chi connectivity index (χ1v) is 8.16. The van der Waals surface area contributed by atoms with E-state index in [0.717, 1.165) is 36.2 Å². The minimum Gasteiger partial charge on any atom is -0.266 e. The monoisotopic (exact) mass is 304 g/mol. The average Bonchev–Trinajstić information content (AvgIpc) is 2.98. The summed E-state index contributed by atoms with van der Waals surface area (Å²) in [5, 5.41) is 4.63. The molecule has 1 unspecified atom stereocenters. The molecule has 0 N–H and O–H groups in total. The van der Waals surface area contributed by atoms with E-state index < -0.39 is 0 Å². The van der Waals surface area contributed by atoms with Crippen molar-refractivity contribution in [3.63, 3.8) is 0 Å². The fraction of sp³-hybridized carbons (Fsp3) is 0.316. The van der Waals surface area contributed by atoms with Gasteiger partial charge in [0.25, 0.3) is 0 Å². The predicted molar refractivity (Wildman–Crippen MR) is 94.2 cm³/mol. The number of fused-ring (bicyclic) bond motifs is 1. The minimum absolute atomic E-state index is 0.563. The molecule has 0 aromatic carbocycles. The third-order valence-electron chi connectivity index (χ3n) is 4.49. The zero-order valence-electron chi connectivity index (χ0n) is 13.5. The zero-order valence-corrected chi connectivity index (χ0v) is 13.5. The van der Waals surface area contributed by atoms with Crippen LogP contribution >= 0.6 is 0 Å². The molecule has 2 aliphatic rings. The Morgan fingerprint density at radius 3 is 2.91 bits per heavy atom. The Morgan fingerprint density at radius 1 is 1.22 bits per heavy atom. The fourth-order valence-corrected chi connectivity index (χ4v) is 3.11. The van der Waals surface area contributed by atoms with Gasteiger partial charge in [-0.05, 0) is 49.3 Å². The molecule has 0 amide bonds. The lowest BCUT2D eigenvalue weighted by atomic mass is 9.96. The molecule has 116 valence electrons. The van der Waals surface area contributed by atoms with Gasteiger partial charge in [-0.25, -0.2) is 9.50 Å². The fourth-order valence-electron chi connectivity index (χ4n) is 3.11. The second kappa shape index (κ2) is 5.61. The molecule has 3 heterocycles. The first-order valence-electron chi connectivity index (χ1n) is 8.16. The highest BCUT2D eigenvalue weighted by atomic mass is 15.3. The summed E-state index contributed by atoms with van der Waals surface area (Å²) in [7, 11) is 0. The lowest BCUT2D eigenvalue weighted by Crippen LogP contribution is -2.02. The van der Waals surface area contributed by atoms with Crippen molar-refractivity contribution in [3.8, 4) is 0 Å². The first-order chi connectivity index (χ1) is 11.2. The van der Waals surface area contributed by atoms with Crippen molar-refractivity contribution >= 4 is 22.5 Å². The summed E-state index contributed by atoms with van der Waals surface area (Å²) >= 11 is 0. The van der Waals surface area contributed by atoms with Gasteiger partial charge in [0, 0.05) is 17.5 Å². The molecule has 0 saturated heterocycles. The molecular weight excluding hydrogens is 284 g/mol. The van der Waals surface area contributed by atoms with Crippen LogP contribution in [0.2, 0.25) is 0 Å². The molecule has 1 aliphatic heterocycles. The summed E-state index contributed by atoms with van der Waals surface area (Å²) in [5.74, 6) is 0.563. The SMILES string of the molecule is CC1=NC=C(c2cnn3c(C4=CC(C)CC=C4)cnc3c2)CC1. The standard InChI is InChI=1S/C19H20N4/c1-13-4-3-5-15(8-13)18-12-21-19-9-17(11-22-23(18)19)16-7-6-14(2)20-10-16/h3,5,8-13H,4,6-7H2,1-2H3. The number of rotatable bonds is 2. The topological polar surface area (TPSA) is 42.5 Å². The maximum absolute atomic E-state index is 4.63. The maximum Gasteiger partial charge on any atom is 0.154 e. The largest absolute Gasteiger partial charge is 0.266 e. The number of hydrogen-bond acceptors (Lipinski definition) is 3. The van der Waals surface area contributed by atoms with Gasteiger partial charge in [0.05, 0.1) is 18.1 Å². The van der Waals surface area contributed by atoms with E-state index in [1.54, 1.807) is 0 Å². The van der Waals surface area contributed by atoms with Gasteiger partial charge < -0.3 is 0 Å². The van der Waals surface area contributed by atoms with Gasteiger partial charge in [0.2, 0.25) is 0 Å². The van der Waals surface area contributed by atoms with Gasteiger partial charge in [0.1, 0.15) is 0 Å². The van der Waals surface area contributed by atoms with E-state index in [9.17, 15) is 0 Å². The molecule has 4 nitrogen and oxygen atoms in total. The van der Waals surface area contributed by atoms with Crippen molar-refractivity contribution in [2.45, 2.75) is 33.1 Å². The summed E-state index contributed by atoms with van der Waals surface area (Å²) in [5.41, 5.74) is 6.69. The highest BCUT2D eigenvalue weighted by Gasteiger charge is 2.14. The molecular formula is C19H20N4. The number of nitrogens with zero attached hydrogens (tertiary/aromatic N) is 4. The second-order valence-corrected chi connectivity index (χ2v) is 6.41. The zero-order chi connectivity index (χ0) is 15.8. The first kappa shape index (κ1) is 14.1. The highest BCUT2D eigenvalue weighted by molar-refractivity contribution is 5.87. The van der Waals surface area contributed by atoms with Crippen LogP contribution in [0.3, 0.4) is 0 Å². The van der Waals surface area contributed by atoms with Gasteiger partial charge >= 0.3 is 0 Å². The predicted octanol–water partition coefficient (Wildman–Crippen LogP) is 4.30. The van der Waals surface area contributed by atoms with E-state index in [-0.39, 0.29) is 0 Å². The van der Waals surface area contributed by atoms with Crippen molar-refractivity contribution in [2.24, 2.45) is 10.9 Å². The van der Waals surface area contributed by atoms with Crippen molar-refractivity contribution in [1.29, 1.82) is 0 Å². The van der Waals surface area contributed by atoms with Crippen LogP contribution in [0, 0.1) is 5.92 Å². The van der Waals surface area contributed by atoms with Crippen LogP contribution in [0.1, 0.15) is 44.4 Å². The van der Waals surface area contributed by atoms with Crippen molar-refractivity contribution in [3.05, 3.63) is 54.1 Å². The highest BCUT2D eigenvalue weighted by Crippen LogP contribution is 2.27. The molecule has 0 saturated carbocycles. The summed E-state index contributed by atoms with van der Waals surface area (Å²) in [6.45, 7) is 4.30. The van der Waals surface area contributed by atoms with Gasteiger partial charge in [-0.15, -0.1) is 0 Å². The summed E-state index contributed by atoms with van der Waals surface area (Å²) in [6.07, 6.45) is 15.6. The van der Waals surface area contributed by atoms with Crippen LogP contribution in [0.25, 0.3) is 16.8 Å². The van der Waals surface area contributed by atoms with Crippen molar-refractivity contribution in [2.75, 3.05) is 0 Å². The molecule has 1 atom stereocenters. The number of allylic oxidation sites excluding steroid dienone is 5. The van der Waals surface area contributed by atoms with E-state index in [4.69, 9.17) is 0 Å². The third-order valence-corrected chi connectivity index (χ3v) is 4.49. The third kappa shape index (κ3) is 2.65. The Balaban J connectivity index is 1.74. The number of aromatic nitrogens is 3. The van der Waals surface area contributed by atoms with Crippen LogP contribution in [-0.2, 0) is 0 Å². The normalized spacial score (nSPS) is 21.1. The summed E-state index contributed by atoms with van der Waals surface area (Å²) < 4.78 is 1.93. The van der Waals surface area contributed by atoms with Gasteiger partial charge in [0.15, 0.2) is 5.65 Å². The second-order valence-electron chi connectivity index (χ2n) is 6.41. The molecule has 0 bridgehead atoms. The van der Waals surface area contributed by atoms with Crippen LogP contribution < -0.4 is 0 Å². The van der Waals surface area contributed by atoms with Crippen LogP contribution in [0.4, 0.5) is 0 Å². The van der Waals surface area contributed by atoms with Gasteiger partial charge in [-0.1, -0.05) is 25.2 Å². The number of aliphatic imine (C=N–C) groups is 1. The van der Waals surface area contributed by atoms with E-state index in [2.05, 4.69) is 53.2 Å². The molecule has 4 rings (SSSR count). The van der Waals surface area contributed by atoms with Gasteiger partial charge in [-0.3, -0.25) is 4.99 Å². The Hall–Kier alpha value is -2.49. The summed E-state index contributed by atoms with van der Waals surface area (Å²) in [6, 6.07) is 2.11. The van der Waals surface area contributed by atoms with Gasteiger partial charge in [-0.2, -0.15) is 5.10 Å². The Bertz CT molecular complexity index is 880. The Kier molecular flexibility index (Phi) is 3.45. The molecule has 2 aromatic rings. The maximum atomic E-state index is 4.63. The van der Waals surface area contributed by atoms with Crippen LogP contribution in [-0.4, -0.2) is 20.3 Å². The van der Waals surface area contributed by atoms with Crippen LogP contribution in [0.15, 0.2) is 47.9 Å². The lowest BCUT2D eigenvalue weighted by molar-refractivity contribution is 0.738. The lowest BCUT2D eigenvalue weighted by Gasteiger charge is -2.13. The number of hydrogen-bond donors (Lipinski definition) is 0. The quantitative estimate of drug-likeness (QED) is 0.830. The molecule has 0 fully saturated rings. The molecule has 1 aliphatic carbocycles. The number of imidazole rings is 1. The molecule has 0 radical (unpaired) electrons. The van der Waals surface area contributed by atoms with E-state index >= 15 is 0 Å². The summed E-state index contributed by atoms with van der Waals surface area (Å²) in [4.78, 5) is 8.99. The smallest absolute Gasteiger partial charge is 0.154 e. The Morgan fingerprint density at radius 2 is 2.13 bits per heavy atom. The van der Waals surface area contributed by atoms with Crippen molar-refractivity contribution < 1.29 is 0 Å².